The van der Waals surface area contributed by atoms with Crippen molar-refractivity contribution >= 4 is 5.91 Å². The summed E-state index contributed by atoms with van der Waals surface area (Å²) in [6, 6.07) is 0.229. The first-order valence-electron chi connectivity index (χ1n) is 8.30. The smallest absolute Gasteiger partial charge is 0.223 e. The Morgan fingerprint density at radius 3 is 2.85 bits per heavy atom. The third-order valence-corrected chi connectivity index (χ3v) is 4.64. The van der Waals surface area contributed by atoms with Crippen LogP contribution in [0.4, 0.5) is 0 Å². The fraction of sp³-hybridized carbons (Fsp3) is 0.938. The molecule has 0 radical (unpaired) electrons. The lowest BCUT2D eigenvalue weighted by Gasteiger charge is -2.26. The van der Waals surface area contributed by atoms with Gasteiger partial charge >= 0.3 is 0 Å². The van der Waals surface area contributed by atoms with E-state index in [1.54, 1.807) is 0 Å². The van der Waals surface area contributed by atoms with Crippen LogP contribution in [0.2, 0.25) is 0 Å². The Bertz CT molecular complexity index is 319. The highest BCUT2D eigenvalue weighted by atomic mass is 16.1. The summed E-state index contributed by atoms with van der Waals surface area (Å²) in [7, 11) is 0. The molecular formula is C16H31N3O. The molecule has 3 atom stereocenters. The van der Waals surface area contributed by atoms with E-state index in [0.29, 0.717) is 5.92 Å². The van der Waals surface area contributed by atoms with Crippen LogP contribution in [0, 0.1) is 17.8 Å². The molecule has 2 fully saturated rings. The highest BCUT2D eigenvalue weighted by Crippen LogP contribution is 2.23. The molecule has 1 saturated carbocycles. The standard InChI is InChI=1S/C16H31N3O/c1-12(2)10-19-7-6-13(11-19)9-18-16(20)14-4-3-5-15(17)8-14/h12-15H,3-11,17H2,1-2H3,(H,18,20). The second kappa shape index (κ2) is 7.41. The van der Waals surface area contributed by atoms with Crippen molar-refractivity contribution in [3.05, 3.63) is 0 Å². The molecule has 0 spiro atoms. The quantitative estimate of drug-likeness (QED) is 0.805. The Balaban J connectivity index is 1.66. The van der Waals surface area contributed by atoms with E-state index in [2.05, 4.69) is 24.1 Å². The number of rotatable bonds is 5. The second-order valence-electron chi connectivity index (χ2n) is 7.18. The molecule has 116 valence electrons. The minimum atomic E-state index is 0.159. The van der Waals surface area contributed by atoms with Crippen LogP contribution in [0.25, 0.3) is 0 Å². The fourth-order valence-electron chi connectivity index (χ4n) is 3.62. The molecule has 4 heteroatoms. The molecular weight excluding hydrogens is 250 g/mol. The largest absolute Gasteiger partial charge is 0.356 e. The maximum atomic E-state index is 12.2. The van der Waals surface area contributed by atoms with Crippen molar-refractivity contribution in [1.29, 1.82) is 0 Å². The maximum absolute atomic E-state index is 12.2. The summed E-state index contributed by atoms with van der Waals surface area (Å²) in [5, 5.41) is 3.17. The Hall–Kier alpha value is -0.610. The van der Waals surface area contributed by atoms with Gasteiger partial charge in [-0.05, 0) is 44.1 Å². The van der Waals surface area contributed by atoms with Crippen molar-refractivity contribution in [2.45, 2.75) is 52.0 Å². The molecule has 2 rings (SSSR count). The van der Waals surface area contributed by atoms with E-state index in [0.717, 1.165) is 44.7 Å². The Labute approximate surface area is 123 Å². The van der Waals surface area contributed by atoms with Crippen LogP contribution in [-0.4, -0.2) is 43.0 Å². The van der Waals surface area contributed by atoms with Gasteiger partial charge in [-0.15, -0.1) is 0 Å². The van der Waals surface area contributed by atoms with Gasteiger partial charge < -0.3 is 16.0 Å². The number of carbonyl (C=O) groups excluding carboxylic acids is 1. The lowest BCUT2D eigenvalue weighted by Crippen LogP contribution is -2.40. The molecule has 0 bridgehead atoms. The lowest BCUT2D eigenvalue weighted by molar-refractivity contribution is -0.126. The average Bonchev–Trinajstić information content (AvgIpc) is 2.82. The van der Waals surface area contributed by atoms with E-state index in [4.69, 9.17) is 5.73 Å². The number of amides is 1. The van der Waals surface area contributed by atoms with Crippen LogP contribution in [-0.2, 0) is 4.79 Å². The SMILES string of the molecule is CC(C)CN1CCC(CNC(=O)C2CCCC(N)C2)C1. The predicted molar refractivity (Wildman–Crippen MR) is 82.3 cm³/mol. The fourth-order valence-corrected chi connectivity index (χ4v) is 3.62. The van der Waals surface area contributed by atoms with Gasteiger partial charge in [0.15, 0.2) is 0 Å². The van der Waals surface area contributed by atoms with Crippen molar-refractivity contribution in [1.82, 2.24) is 10.2 Å². The van der Waals surface area contributed by atoms with Crippen molar-refractivity contribution in [2.24, 2.45) is 23.5 Å². The van der Waals surface area contributed by atoms with Gasteiger partial charge in [0, 0.05) is 31.6 Å². The maximum Gasteiger partial charge on any atom is 0.223 e. The van der Waals surface area contributed by atoms with Crippen LogP contribution in [0.1, 0.15) is 46.0 Å². The van der Waals surface area contributed by atoms with Crippen LogP contribution in [0.3, 0.4) is 0 Å². The molecule has 2 aliphatic rings. The average molecular weight is 281 g/mol. The summed E-state index contributed by atoms with van der Waals surface area (Å²) in [5.41, 5.74) is 5.96. The summed E-state index contributed by atoms with van der Waals surface area (Å²) in [6.07, 6.45) is 5.29. The van der Waals surface area contributed by atoms with Crippen LogP contribution >= 0.6 is 0 Å². The zero-order chi connectivity index (χ0) is 14.5. The Kier molecular flexibility index (Phi) is 5.85. The van der Waals surface area contributed by atoms with E-state index in [1.807, 2.05) is 0 Å². The number of nitrogens with two attached hydrogens (primary N) is 1. The Morgan fingerprint density at radius 2 is 2.15 bits per heavy atom. The van der Waals surface area contributed by atoms with Crippen LogP contribution in [0.15, 0.2) is 0 Å². The van der Waals surface area contributed by atoms with Crippen LogP contribution in [0.5, 0.6) is 0 Å². The highest BCUT2D eigenvalue weighted by Gasteiger charge is 2.27. The van der Waals surface area contributed by atoms with E-state index >= 15 is 0 Å². The van der Waals surface area contributed by atoms with Gasteiger partial charge in [-0.3, -0.25) is 4.79 Å². The monoisotopic (exact) mass is 281 g/mol. The van der Waals surface area contributed by atoms with E-state index in [1.165, 1.54) is 19.5 Å². The van der Waals surface area contributed by atoms with Gasteiger partial charge in [0.1, 0.15) is 0 Å². The molecule has 4 nitrogen and oxygen atoms in total. The van der Waals surface area contributed by atoms with Gasteiger partial charge in [-0.25, -0.2) is 0 Å². The molecule has 1 saturated heterocycles. The van der Waals surface area contributed by atoms with Gasteiger partial charge in [0.05, 0.1) is 0 Å². The summed E-state index contributed by atoms with van der Waals surface area (Å²) in [6.45, 7) is 8.89. The number of hydrogen-bond acceptors (Lipinski definition) is 3. The van der Waals surface area contributed by atoms with Crippen molar-refractivity contribution < 1.29 is 4.79 Å². The molecule has 1 amide bonds. The topological polar surface area (TPSA) is 58.4 Å². The molecule has 1 heterocycles. The number of hydrogen-bond donors (Lipinski definition) is 2. The minimum absolute atomic E-state index is 0.159. The number of likely N-dealkylation sites (tertiary alicyclic amines) is 1. The molecule has 1 aliphatic carbocycles. The second-order valence-corrected chi connectivity index (χ2v) is 7.18. The number of nitrogens with one attached hydrogen (secondary N) is 1. The lowest BCUT2D eigenvalue weighted by atomic mass is 9.85. The summed E-state index contributed by atoms with van der Waals surface area (Å²) in [5.74, 6) is 1.76. The van der Waals surface area contributed by atoms with Gasteiger partial charge in [-0.2, -0.15) is 0 Å². The molecule has 3 N–H and O–H groups in total. The van der Waals surface area contributed by atoms with Crippen molar-refractivity contribution in [3.8, 4) is 0 Å². The van der Waals surface area contributed by atoms with Crippen molar-refractivity contribution in [2.75, 3.05) is 26.2 Å². The van der Waals surface area contributed by atoms with Crippen molar-refractivity contribution in [3.63, 3.8) is 0 Å². The first kappa shape index (κ1) is 15.8. The molecule has 3 unspecified atom stereocenters. The molecule has 0 aromatic carbocycles. The van der Waals surface area contributed by atoms with E-state index < -0.39 is 0 Å². The predicted octanol–water partition coefficient (Wildman–Crippen LogP) is 1.60. The third kappa shape index (κ3) is 4.74. The zero-order valence-corrected chi connectivity index (χ0v) is 13.1. The van der Waals surface area contributed by atoms with Gasteiger partial charge in [0.25, 0.3) is 0 Å². The summed E-state index contributed by atoms with van der Waals surface area (Å²) < 4.78 is 0. The minimum Gasteiger partial charge on any atom is -0.356 e. The first-order chi connectivity index (χ1) is 9.54. The first-order valence-corrected chi connectivity index (χ1v) is 8.30. The number of nitrogens with zero attached hydrogens (tertiary/aromatic N) is 1. The zero-order valence-electron chi connectivity index (χ0n) is 13.1. The van der Waals surface area contributed by atoms with Crippen LogP contribution < -0.4 is 11.1 Å². The van der Waals surface area contributed by atoms with Gasteiger partial charge in [0.2, 0.25) is 5.91 Å². The molecule has 0 aromatic heterocycles. The molecule has 0 aromatic rings. The third-order valence-electron chi connectivity index (χ3n) is 4.64. The normalized spacial score (nSPS) is 31.7. The molecule has 20 heavy (non-hydrogen) atoms. The number of carbonyl (C=O) groups is 1. The van der Waals surface area contributed by atoms with E-state index in [9.17, 15) is 4.79 Å². The van der Waals surface area contributed by atoms with Gasteiger partial charge in [-0.1, -0.05) is 20.3 Å². The molecule has 1 aliphatic heterocycles. The van der Waals surface area contributed by atoms with E-state index in [-0.39, 0.29) is 17.9 Å². The highest BCUT2D eigenvalue weighted by molar-refractivity contribution is 5.78. The summed E-state index contributed by atoms with van der Waals surface area (Å²) >= 11 is 0. The summed E-state index contributed by atoms with van der Waals surface area (Å²) in [4.78, 5) is 14.7. The Morgan fingerprint density at radius 1 is 1.35 bits per heavy atom.